The van der Waals surface area contributed by atoms with Gasteiger partial charge in [-0.25, -0.2) is 0 Å². The van der Waals surface area contributed by atoms with Crippen molar-refractivity contribution < 1.29 is 19.5 Å². The fourth-order valence-corrected chi connectivity index (χ4v) is 4.58. The van der Waals surface area contributed by atoms with Gasteiger partial charge in [0.25, 0.3) is 0 Å². The lowest BCUT2D eigenvalue weighted by atomic mass is 9.84. The van der Waals surface area contributed by atoms with Crippen LogP contribution in [0.1, 0.15) is 94.4 Å². The fraction of sp³-hybridized carbons (Fsp3) is 0.889. The summed E-state index contributed by atoms with van der Waals surface area (Å²) in [6, 6.07) is 0. The van der Waals surface area contributed by atoms with Crippen molar-refractivity contribution in [3.63, 3.8) is 0 Å². The molecule has 0 aromatic heterocycles. The number of aliphatic hydroxyl groups is 1. The van der Waals surface area contributed by atoms with E-state index < -0.39 is 0 Å². The lowest BCUT2D eigenvalue weighted by molar-refractivity contribution is -0.138. The first kappa shape index (κ1) is 30.4. The van der Waals surface area contributed by atoms with Crippen LogP contribution in [0, 0.1) is 16.7 Å². The summed E-state index contributed by atoms with van der Waals surface area (Å²) in [7, 11) is 1.89. The molecule has 7 nitrogen and oxygen atoms in total. The van der Waals surface area contributed by atoms with Gasteiger partial charge in [-0.3, -0.25) is 14.4 Å². The van der Waals surface area contributed by atoms with Gasteiger partial charge in [0.15, 0.2) is 0 Å². The number of likely N-dealkylation sites (tertiary alicyclic amines) is 3. The third kappa shape index (κ3) is 9.93. The van der Waals surface area contributed by atoms with Gasteiger partial charge < -0.3 is 19.8 Å². The fourth-order valence-electron chi connectivity index (χ4n) is 4.58. The van der Waals surface area contributed by atoms with Crippen LogP contribution in [0.25, 0.3) is 0 Å². The van der Waals surface area contributed by atoms with E-state index in [0.29, 0.717) is 24.9 Å². The zero-order valence-corrected chi connectivity index (χ0v) is 23.5. The smallest absolute Gasteiger partial charge is 0.228 e. The van der Waals surface area contributed by atoms with Crippen LogP contribution in [0.4, 0.5) is 0 Å². The summed E-state index contributed by atoms with van der Waals surface area (Å²) in [4.78, 5) is 39.8. The maximum Gasteiger partial charge on any atom is 0.228 e. The minimum atomic E-state index is -0.315. The number of carbonyl (C=O) groups excluding carboxylic acids is 3. The molecule has 0 aliphatic carbocycles. The number of nitrogens with zero attached hydrogens (tertiary/aromatic N) is 3. The minimum absolute atomic E-state index is 0.0353. The molecule has 198 valence electrons. The van der Waals surface area contributed by atoms with Crippen LogP contribution in [0.2, 0.25) is 0 Å². The molecular formula is C27H51N3O4. The van der Waals surface area contributed by atoms with Crippen molar-refractivity contribution in [2.45, 2.75) is 106 Å². The van der Waals surface area contributed by atoms with Gasteiger partial charge in [-0.05, 0) is 51.9 Å². The Kier molecular flexibility index (Phi) is 10.6. The number of hydrogen-bond donors (Lipinski definition) is 1. The molecule has 3 aliphatic heterocycles. The van der Waals surface area contributed by atoms with E-state index >= 15 is 0 Å². The Balaban J connectivity index is 0.000000256. The first-order valence-corrected chi connectivity index (χ1v) is 12.9. The van der Waals surface area contributed by atoms with Crippen molar-refractivity contribution in [1.29, 1.82) is 0 Å². The lowest BCUT2D eigenvalue weighted by Gasteiger charge is -2.31. The molecule has 3 aliphatic rings. The Hall–Kier alpha value is -1.63. The van der Waals surface area contributed by atoms with Crippen molar-refractivity contribution in [1.82, 2.24) is 14.7 Å². The van der Waals surface area contributed by atoms with Crippen LogP contribution < -0.4 is 0 Å². The Bertz CT molecular complexity index is 700. The van der Waals surface area contributed by atoms with Gasteiger partial charge in [-0.15, -0.1) is 0 Å². The highest BCUT2D eigenvalue weighted by Gasteiger charge is 2.33. The molecule has 0 spiro atoms. The van der Waals surface area contributed by atoms with Crippen LogP contribution in [-0.2, 0) is 14.4 Å². The molecule has 3 heterocycles. The number of rotatable bonds is 1. The molecule has 0 bridgehead atoms. The average molecular weight is 482 g/mol. The summed E-state index contributed by atoms with van der Waals surface area (Å²) < 4.78 is 0. The largest absolute Gasteiger partial charge is 0.391 e. The van der Waals surface area contributed by atoms with E-state index in [1.165, 1.54) is 0 Å². The van der Waals surface area contributed by atoms with E-state index in [4.69, 9.17) is 0 Å². The normalized spacial score (nSPS) is 23.6. The third-order valence-corrected chi connectivity index (χ3v) is 6.37. The number of hydrogen-bond acceptors (Lipinski definition) is 4. The highest BCUT2D eigenvalue weighted by molar-refractivity contribution is 5.82. The van der Waals surface area contributed by atoms with Gasteiger partial charge in [-0.1, -0.05) is 41.5 Å². The number of carbonyl (C=O) groups is 3. The minimum Gasteiger partial charge on any atom is -0.391 e. The van der Waals surface area contributed by atoms with Crippen molar-refractivity contribution in [3.8, 4) is 0 Å². The number of amides is 3. The van der Waals surface area contributed by atoms with E-state index in [1.807, 2.05) is 37.6 Å². The van der Waals surface area contributed by atoms with Crippen molar-refractivity contribution in [3.05, 3.63) is 0 Å². The summed E-state index contributed by atoms with van der Waals surface area (Å²) in [5.74, 6) is 1.08. The lowest BCUT2D eigenvalue weighted by Crippen LogP contribution is -2.41. The van der Waals surface area contributed by atoms with E-state index in [0.717, 1.165) is 45.2 Å². The topological polar surface area (TPSA) is 81.2 Å². The van der Waals surface area contributed by atoms with Crippen LogP contribution in [0.15, 0.2) is 0 Å². The van der Waals surface area contributed by atoms with Crippen molar-refractivity contribution in [2.75, 3.05) is 33.2 Å². The highest BCUT2D eigenvalue weighted by Crippen LogP contribution is 2.30. The van der Waals surface area contributed by atoms with Crippen LogP contribution in [0.5, 0.6) is 0 Å². The number of aliphatic hydroxyl groups excluding tert-OH is 1. The summed E-state index contributed by atoms with van der Waals surface area (Å²) in [6.07, 6.45) is 4.27. The van der Waals surface area contributed by atoms with E-state index in [9.17, 15) is 19.5 Å². The first-order valence-electron chi connectivity index (χ1n) is 12.9. The molecule has 0 aromatic carbocycles. The number of β-amino-alcohol motifs (C(OH)–C–C–N with tert-alkyl or cyclic N) is 1. The van der Waals surface area contributed by atoms with Crippen LogP contribution >= 0.6 is 0 Å². The molecule has 1 N–H and O–H groups in total. The van der Waals surface area contributed by atoms with E-state index in [-0.39, 0.29) is 34.3 Å². The molecule has 3 amide bonds. The molecule has 2 unspecified atom stereocenters. The van der Waals surface area contributed by atoms with Crippen molar-refractivity contribution >= 4 is 17.7 Å². The second-order valence-corrected chi connectivity index (χ2v) is 13.3. The predicted octanol–water partition coefficient (Wildman–Crippen LogP) is 3.93. The van der Waals surface area contributed by atoms with E-state index in [1.54, 1.807) is 4.90 Å². The molecular weight excluding hydrogens is 430 g/mol. The molecule has 3 fully saturated rings. The van der Waals surface area contributed by atoms with Crippen molar-refractivity contribution in [2.24, 2.45) is 16.7 Å². The Morgan fingerprint density at radius 3 is 1.82 bits per heavy atom. The maximum absolute atomic E-state index is 11.6. The molecule has 34 heavy (non-hydrogen) atoms. The first-order chi connectivity index (χ1) is 15.3. The van der Waals surface area contributed by atoms with Gasteiger partial charge in [0.2, 0.25) is 17.7 Å². The Morgan fingerprint density at radius 1 is 0.941 bits per heavy atom. The van der Waals surface area contributed by atoms with Crippen LogP contribution in [-0.4, -0.2) is 82.4 Å². The van der Waals surface area contributed by atoms with Gasteiger partial charge in [0.1, 0.15) is 0 Å². The monoisotopic (exact) mass is 481 g/mol. The zero-order chi connectivity index (χ0) is 26.5. The maximum atomic E-state index is 11.6. The SMILES string of the molecule is CC(C)(C)C(=O)N1CCC(O)C1.CC(C)(C)N1CCCC1=O.CN1CCC(CC(C)(C)C)C1=O. The zero-order valence-electron chi connectivity index (χ0n) is 23.5. The molecule has 7 heteroatoms. The summed E-state index contributed by atoms with van der Waals surface area (Å²) in [5.41, 5.74) is 0.00313. The Morgan fingerprint density at radius 2 is 1.53 bits per heavy atom. The van der Waals surface area contributed by atoms with Gasteiger partial charge >= 0.3 is 0 Å². The molecule has 0 aromatic rings. The highest BCUT2D eigenvalue weighted by atomic mass is 16.3. The van der Waals surface area contributed by atoms with Gasteiger partial charge in [0.05, 0.1) is 6.10 Å². The third-order valence-electron chi connectivity index (χ3n) is 6.37. The summed E-state index contributed by atoms with van der Waals surface area (Å²) in [6.45, 7) is 21.6. The molecule has 2 atom stereocenters. The predicted molar refractivity (Wildman–Crippen MR) is 137 cm³/mol. The average Bonchev–Trinajstić information content (AvgIpc) is 3.37. The standard InChI is InChI=1S/C10H19NO.C9H17NO2.C8H15NO/c1-10(2,3)7-8-5-6-11(4)9(8)12;1-9(2,3)8(12)10-5-4-7(11)6-10;1-8(2,3)9-6-4-5-7(9)10/h8H,5-7H2,1-4H3;7,11H,4-6H2,1-3H3;4-6H2,1-3H3. The second kappa shape index (κ2) is 11.9. The summed E-state index contributed by atoms with van der Waals surface area (Å²) >= 11 is 0. The Labute approximate surface area is 208 Å². The quantitative estimate of drug-likeness (QED) is 0.615. The van der Waals surface area contributed by atoms with E-state index in [2.05, 4.69) is 41.5 Å². The summed E-state index contributed by atoms with van der Waals surface area (Å²) in [5, 5.41) is 9.22. The molecule has 0 saturated carbocycles. The molecule has 0 radical (unpaired) electrons. The molecule has 3 saturated heterocycles. The van der Waals surface area contributed by atoms with Crippen LogP contribution in [0.3, 0.4) is 0 Å². The van der Waals surface area contributed by atoms with Gasteiger partial charge in [-0.2, -0.15) is 0 Å². The van der Waals surface area contributed by atoms with Gasteiger partial charge in [0, 0.05) is 56.5 Å². The second-order valence-electron chi connectivity index (χ2n) is 13.3. The molecule has 3 rings (SSSR count).